The summed E-state index contributed by atoms with van der Waals surface area (Å²) >= 11 is 0. The minimum Gasteiger partial charge on any atom is -0.269 e. The number of hydrogen-bond donors (Lipinski definition) is 0. The minimum atomic E-state index is 0.300. The lowest BCUT2D eigenvalue weighted by Gasteiger charge is -2.17. The van der Waals surface area contributed by atoms with Gasteiger partial charge in [0.1, 0.15) is 0 Å². The second-order valence-corrected chi connectivity index (χ2v) is 2.86. The third kappa shape index (κ3) is 1.19. The highest BCUT2D eigenvalue weighted by molar-refractivity contribution is 5.66. The highest BCUT2D eigenvalue weighted by Crippen LogP contribution is 2.20. The first-order valence-electron chi connectivity index (χ1n) is 2.90. The van der Waals surface area contributed by atoms with Crippen LogP contribution in [-0.4, -0.2) is 6.21 Å². The van der Waals surface area contributed by atoms with Gasteiger partial charge in [-0.3, -0.25) is 4.99 Å². The first kappa shape index (κ1) is 5.54. The highest BCUT2D eigenvalue weighted by Gasteiger charge is 2.13. The fourth-order valence-electron chi connectivity index (χ4n) is 0.715. The molecule has 0 saturated carbocycles. The largest absolute Gasteiger partial charge is 0.269 e. The number of aliphatic imine (C=N–C) groups is 1. The lowest BCUT2D eigenvalue weighted by Crippen LogP contribution is -2.12. The van der Waals surface area contributed by atoms with E-state index in [2.05, 4.69) is 24.9 Å². The summed E-state index contributed by atoms with van der Waals surface area (Å²) in [6.45, 7) is 4.36. The Labute approximate surface area is 50.1 Å². The maximum atomic E-state index is 4.02. The molecule has 0 saturated heterocycles. The SMILES string of the molecule is CC1(C)C=NC=CC1. The molecule has 0 aromatic carbocycles. The normalized spacial score (nSPS) is 23.8. The Kier molecular flexibility index (Phi) is 1.20. The molecule has 0 radical (unpaired) electrons. The van der Waals surface area contributed by atoms with E-state index in [9.17, 15) is 0 Å². The van der Waals surface area contributed by atoms with Gasteiger partial charge < -0.3 is 0 Å². The molecule has 0 amide bonds. The second-order valence-electron chi connectivity index (χ2n) is 2.86. The summed E-state index contributed by atoms with van der Waals surface area (Å²) in [5, 5.41) is 0. The van der Waals surface area contributed by atoms with Crippen molar-refractivity contribution in [2.24, 2.45) is 10.4 Å². The molecule has 0 unspecified atom stereocenters. The van der Waals surface area contributed by atoms with Crippen LogP contribution in [0.4, 0.5) is 0 Å². The molecule has 0 bridgehead atoms. The van der Waals surface area contributed by atoms with E-state index in [1.165, 1.54) is 0 Å². The zero-order chi connectivity index (χ0) is 6.04. The van der Waals surface area contributed by atoms with E-state index in [0.29, 0.717) is 5.41 Å². The van der Waals surface area contributed by atoms with E-state index in [-0.39, 0.29) is 0 Å². The van der Waals surface area contributed by atoms with E-state index < -0.39 is 0 Å². The van der Waals surface area contributed by atoms with Crippen molar-refractivity contribution in [3.63, 3.8) is 0 Å². The van der Waals surface area contributed by atoms with Gasteiger partial charge in [-0.1, -0.05) is 19.9 Å². The lowest BCUT2D eigenvalue weighted by atomic mass is 9.90. The number of rotatable bonds is 0. The summed E-state index contributed by atoms with van der Waals surface area (Å²) in [6, 6.07) is 0. The van der Waals surface area contributed by atoms with Gasteiger partial charge in [-0.2, -0.15) is 0 Å². The molecule has 1 rings (SSSR count). The van der Waals surface area contributed by atoms with Gasteiger partial charge in [-0.05, 0) is 6.42 Å². The summed E-state index contributed by atoms with van der Waals surface area (Å²) in [5.41, 5.74) is 0.300. The third-order valence-electron chi connectivity index (χ3n) is 1.26. The maximum Gasteiger partial charge on any atom is 0.0224 e. The van der Waals surface area contributed by atoms with Crippen LogP contribution in [0.5, 0.6) is 0 Å². The fraction of sp³-hybridized carbons (Fsp3) is 0.571. The van der Waals surface area contributed by atoms with Crippen molar-refractivity contribution >= 4 is 6.21 Å². The van der Waals surface area contributed by atoms with Gasteiger partial charge in [-0.25, -0.2) is 0 Å². The van der Waals surface area contributed by atoms with Crippen LogP contribution in [0, 0.1) is 5.41 Å². The summed E-state index contributed by atoms with van der Waals surface area (Å²) in [4.78, 5) is 4.02. The van der Waals surface area contributed by atoms with Crippen molar-refractivity contribution in [3.8, 4) is 0 Å². The number of allylic oxidation sites excluding steroid dienone is 1. The molecule has 0 fully saturated rings. The smallest absolute Gasteiger partial charge is 0.0224 e. The van der Waals surface area contributed by atoms with Crippen molar-refractivity contribution in [1.82, 2.24) is 0 Å². The van der Waals surface area contributed by atoms with Gasteiger partial charge >= 0.3 is 0 Å². The molecule has 1 heterocycles. The summed E-state index contributed by atoms with van der Waals surface area (Å²) in [6.07, 6.45) is 7.06. The van der Waals surface area contributed by atoms with Crippen LogP contribution in [0.25, 0.3) is 0 Å². The number of nitrogens with zero attached hydrogens (tertiary/aromatic N) is 1. The summed E-state index contributed by atoms with van der Waals surface area (Å²) in [5.74, 6) is 0. The van der Waals surface area contributed by atoms with E-state index in [0.717, 1.165) is 6.42 Å². The Balaban J connectivity index is 2.65. The molecule has 1 heteroatoms. The molecule has 44 valence electrons. The minimum absolute atomic E-state index is 0.300. The fourth-order valence-corrected chi connectivity index (χ4v) is 0.715. The highest BCUT2D eigenvalue weighted by atomic mass is 14.7. The van der Waals surface area contributed by atoms with E-state index in [1.54, 1.807) is 0 Å². The predicted octanol–water partition coefficient (Wildman–Crippen LogP) is 2.00. The Hall–Kier alpha value is -0.590. The molecular formula is C7H11N. The van der Waals surface area contributed by atoms with E-state index in [1.807, 2.05) is 12.4 Å². The first-order chi connectivity index (χ1) is 3.71. The number of hydrogen-bond acceptors (Lipinski definition) is 1. The molecule has 0 aromatic heterocycles. The molecular weight excluding hydrogens is 98.1 g/mol. The van der Waals surface area contributed by atoms with Crippen molar-refractivity contribution in [1.29, 1.82) is 0 Å². The van der Waals surface area contributed by atoms with E-state index in [4.69, 9.17) is 0 Å². The van der Waals surface area contributed by atoms with Gasteiger partial charge in [0.15, 0.2) is 0 Å². The average molecular weight is 109 g/mol. The molecule has 0 aliphatic carbocycles. The molecule has 1 nitrogen and oxygen atoms in total. The van der Waals surface area contributed by atoms with Crippen LogP contribution in [0.1, 0.15) is 20.3 Å². The monoisotopic (exact) mass is 109 g/mol. The molecule has 0 aromatic rings. The van der Waals surface area contributed by atoms with Crippen LogP contribution < -0.4 is 0 Å². The van der Waals surface area contributed by atoms with Crippen molar-refractivity contribution in [2.45, 2.75) is 20.3 Å². The lowest BCUT2D eigenvalue weighted by molar-refractivity contribution is 0.539. The van der Waals surface area contributed by atoms with Gasteiger partial charge in [0, 0.05) is 17.8 Å². The van der Waals surface area contributed by atoms with Crippen LogP contribution in [0.3, 0.4) is 0 Å². The predicted molar refractivity (Wildman–Crippen MR) is 36.0 cm³/mol. The zero-order valence-electron chi connectivity index (χ0n) is 5.39. The van der Waals surface area contributed by atoms with Gasteiger partial charge in [0.25, 0.3) is 0 Å². The van der Waals surface area contributed by atoms with Crippen LogP contribution in [0.2, 0.25) is 0 Å². The zero-order valence-corrected chi connectivity index (χ0v) is 5.39. The van der Waals surface area contributed by atoms with Crippen LogP contribution in [-0.2, 0) is 0 Å². The third-order valence-corrected chi connectivity index (χ3v) is 1.26. The first-order valence-corrected chi connectivity index (χ1v) is 2.90. The molecule has 0 N–H and O–H groups in total. The van der Waals surface area contributed by atoms with Crippen LogP contribution in [0.15, 0.2) is 17.3 Å². The Morgan fingerprint density at radius 2 is 2.25 bits per heavy atom. The van der Waals surface area contributed by atoms with E-state index >= 15 is 0 Å². The molecule has 8 heavy (non-hydrogen) atoms. The van der Waals surface area contributed by atoms with Crippen molar-refractivity contribution < 1.29 is 0 Å². The summed E-state index contributed by atoms with van der Waals surface area (Å²) < 4.78 is 0. The van der Waals surface area contributed by atoms with Gasteiger partial charge in [-0.15, -0.1) is 0 Å². The van der Waals surface area contributed by atoms with Crippen molar-refractivity contribution in [2.75, 3.05) is 0 Å². The quantitative estimate of drug-likeness (QED) is 0.451. The molecule has 1 aliphatic rings. The molecule has 0 spiro atoms. The molecule has 0 atom stereocenters. The summed E-state index contributed by atoms with van der Waals surface area (Å²) in [7, 11) is 0. The Morgan fingerprint density at radius 3 is 2.50 bits per heavy atom. The topological polar surface area (TPSA) is 12.4 Å². The van der Waals surface area contributed by atoms with Crippen molar-refractivity contribution in [3.05, 3.63) is 12.3 Å². The Bertz CT molecular complexity index is 131. The standard InChI is InChI=1S/C7H11N/c1-7(2)4-3-5-8-6-7/h3,5-6H,4H2,1-2H3. The van der Waals surface area contributed by atoms with Gasteiger partial charge in [0.05, 0.1) is 0 Å². The average Bonchev–Trinajstić information content (AvgIpc) is 1.65. The molecule has 1 aliphatic heterocycles. The second kappa shape index (κ2) is 1.73. The van der Waals surface area contributed by atoms with Crippen LogP contribution >= 0.6 is 0 Å². The Morgan fingerprint density at radius 1 is 1.50 bits per heavy atom. The van der Waals surface area contributed by atoms with Gasteiger partial charge in [0.2, 0.25) is 0 Å². The maximum absolute atomic E-state index is 4.02.